The number of amides is 1. The van der Waals surface area contributed by atoms with Crippen molar-refractivity contribution < 1.29 is 4.79 Å². The van der Waals surface area contributed by atoms with Crippen LogP contribution in [0, 0.1) is 6.92 Å². The normalized spacial score (nSPS) is 12.0. The molecule has 0 aliphatic rings. The molecular weight excluding hydrogens is 391 g/mol. The van der Waals surface area contributed by atoms with Gasteiger partial charge >= 0.3 is 0 Å². The predicted octanol–water partition coefficient (Wildman–Crippen LogP) is 5.21. The molecular formula is C18H16Cl2N4OS. The van der Waals surface area contributed by atoms with Gasteiger partial charge in [-0.1, -0.05) is 64.8 Å². The van der Waals surface area contributed by atoms with E-state index in [9.17, 15) is 4.79 Å². The Bertz CT molecular complexity index is 927. The first kappa shape index (κ1) is 18.8. The van der Waals surface area contributed by atoms with Gasteiger partial charge in [-0.15, -0.1) is 5.10 Å². The number of aromatic amines is 1. The average Bonchev–Trinajstić information content (AvgIpc) is 3.07. The molecule has 0 saturated heterocycles. The van der Waals surface area contributed by atoms with Crippen molar-refractivity contribution in [3.8, 4) is 11.4 Å². The first-order chi connectivity index (χ1) is 12.4. The molecule has 5 nitrogen and oxygen atoms in total. The topological polar surface area (TPSA) is 70.7 Å². The fourth-order valence-electron chi connectivity index (χ4n) is 2.18. The van der Waals surface area contributed by atoms with Crippen molar-refractivity contribution in [2.75, 3.05) is 5.32 Å². The van der Waals surface area contributed by atoms with Crippen molar-refractivity contribution >= 4 is 46.6 Å². The van der Waals surface area contributed by atoms with E-state index in [2.05, 4.69) is 20.5 Å². The maximum Gasteiger partial charge on any atom is 0.237 e. The fourth-order valence-corrected chi connectivity index (χ4v) is 3.24. The Morgan fingerprint density at radius 2 is 1.92 bits per heavy atom. The Hall–Kier alpha value is -2.02. The molecule has 1 aromatic heterocycles. The van der Waals surface area contributed by atoms with E-state index in [0.29, 0.717) is 26.7 Å². The van der Waals surface area contributed by atoms with Crippen LogP contribution < -0.4 is 5.32 Å². The molecule has 2 aromatic carbocycles. The Morgan fingerprint density at radius 3 is 2.65 bits per heavy atom. The molecule has 2 N–H and O–H groups in total. The lowest BCUT2D eigenvalue weighted by atomic mass is 10.1. The predicted molar refractivity (Wildman–Crippen MR) is 107 cm³/mol. The lowest BCUT2D eigenvalue weighted by Crippen LogP contribution is -2.22. The number of hydrogen-bond acceptors (Lipinski definition) is 4. The van der Waals surface area contributed by atoms with Crippen LogP contribution in [0.5, 0.6) is 0 Å². The Kier molecular flexibility index (Phi) is 5.86. The van der Waals surface area contributed by atoms with E-state index in [1.807, 2.05) is 31.2 Å². The highest BCUT2D eigenvalue weighted by Gasteiger charge is 2.18. The summed E-state index contributed by atoms with van der Waals surface area (Å²) >= 11 is 13.3. The van der Waals surface area contributed by atoms with Crippen LogP contribution in [0.15, 0.2) is 47.6 Å². The number of nitrogens with one attached hydrogen (secondary N) is 2. The van der Waals surface area contributed by atoms with Gasteiger partial charge < -0.3 is 5.32 Å². The smallest absolute Gasteiger partial charge is 0.237 e. The van der Waals surface area contributed by atoms with Crippen LogP contribution in [0.4, 0.5) is 5.69 Å². The Morgan fingerprint density at radius 1 is 1.19 bits per heavy atom. The van der Waals surface area contributed by atoms with Crippen molar-refractivity contribution in [1.29, 1.82) is 0 Å². The van der Waals surface area contributed by atoms with Gasteiger partial charge in [0, 0.05) is 10.6 Å². The molecule has 26 heavy (non-hydrogen) atoms. The molecule has 0 fully saturated rings. The highest BCUT2D eigenvalue weighted by atomic mass is 35.5. The van der Waals surface area contributed by atoms with Crippen molar-refractivity contribution in [3.63, 3.8) is 0 Å². The standard InChI is InChI=1S/C18H16Cl2N4OS/c1-10-3-5-12(6-4-10)16-22-18(24-23-16)26-11(2)17(25)21-15-9-13(19)7-8-14(15)20/h3-9,11H,1-2H3,(H,21,25)(H,22,23,24)/t11-/m0/s1. The van der Waals surface area contributed by atoms with Crippen molar-refractivity contribution in [3.05, 3.63) is 58.1 Å². The van der Waals surface area contributed by atoms with Crippen LogP contribution in [0.3, 0.4) is 0 Å². The van der Waals surface area contributed by atoms with Gasteiger partial charge in [-0.05, 0) is 32.0 Å². The number of nitrogens with zero attached hydrogens (tertiary/aromatic N) is 2. The van der Waals surface area contributed by atoms with Gasteiger partial charge in [0.25, 0.3) is 0 Å². The van der Waals surface area contributed by atoms with Gasteiger partial charge in [0.1, 0.15) is 0 Å². The molecule has 0 spiro atoms. The Labute approximate surface area is 165 Å². The number of carbonyl (C=O) groups excluding carboxylic acids is 1. The highest BCUT2D eigenvalue weighted by molar-refractivity contribution is 8.00. The maximum atomic E-state index is 12.4. The van der Waals surface area contributed by atoms with E-state index in [1.165, 1.54) is 17.3 Å². The summed E-state index contributed by atoms with van der Waals surface area (Å²) in [6.45, 7) is 3.80. The molecule has 0 bridgehead atoms. The average molecular weight is 407 g/mol. The number of carbonyl (C=O) groups is 1. The fraction of sp³-hybridized carbons (Fsp3) is 0.167. The van der Waals surface area contributed by atoms with Gasteiger partial charge in [-0.25, -0.2) is 4.98 Å². The SMILES string of the molecule is Cc1ccc(-c2nc(S[C@@H](C)C(=O)Nc3cc(Cl)ccc3Cl)n[nH]2)cc1. The molecule has 3 rings (SSSR count). The van der Waals surface area contributed by atoms with Gasteiger partial charge in [0.15, 0.2) is 5.82 Å². The summed E-state index contributed by atoms with van der Waals surface area (Å²) in [5, 5.41) is 10.9. The summed E-state index contributed by atoms with van der Waals surface area (Å²) in [5.74, 6) is 0.457. The van der Waals surface area contributed by atoms with E-state index in [0.717, 1.165) is 5.56 Å². The molecule has 0 saturated carbocycles. The highest BCUT2D eigenvalue weighted by Crippen LogP contribution is 2.28. The number of thioether (sulfide) groups is 1. The maximum absolute atomic E-state index is 12.4. The second-order valence-electron chi connectivity index (χ2n) is 5.71. The molecule has 0 unspecified atom stereocenters. The molecule has 1 heterocycles. The number of H-pyrrole nitrogens is 1. The van der Waals surface area contributed by atoms with E-state index in [-0.39, 0.29) is 5.91 Å². The third-order valence-corrected chi connectivity index (χ3v) is 5.15. The summed E-state index contributed by atoms with van der Waals surface area (Å²) in [6, 6.07) is 12.9. The minimum Gasteiger partial charge on any atom is -0.324 e. The first-order valence-corrected chi connectivity index (χ1v) is 9.48. The number of rotatable bonds is 5. The second kappa shape index (κ2) is 8.12. The van der Waals surface area contributed by atoms with Crippen LogP contribution >= 0.6 is 35.0 Å². The first-order valence-electron chi connectivity index (χ1n) is 7.84. The van der Waals surface area contributed by atoms with Crippen molar-refractivity contribution in [2.24, 2.45) is 0 Å². The quantitative estimate of drug-likeness (QED) is 0.570. The van der Waals surface area contributed by atoms with E-state index < -0.39 is 5.25 Å². The summed E-state index contributed by atoms with van der Waals surface area (Å²) in [4.78, 5) is 16.8. The number of halogens is 2. The van der Waals surface area contributed by atoms with Gasteiger partial charge in [0.2, 0.25) is 11.1 Å². The van der Waals surface area contributed by atoms with Crippen LogP contribution in [-0.2, 0) is 4.79 Å². The van der Waals surface area contributed by atoms with Crippen LogP contribution in [0.25, 0.3) is 11.4 Å². The van der Waals surface area contributed by atoms with Gasteiger partial charge in [-0.2, -0.15) is 0 Å². The minimum atomic E-state index is -0.410. The number of hydrogen-bond donors (Lipinski definition) is 2. The number of aryl methyl sites for hydroxylation is 1. The zero-order valence-electron chi connectivity index (χ0n) is 14.1. The molecule has 8 heteroatoms. The molecule has 1 atom stereocenters. The third kappa shape index (κ3) is 4.58. The summed E-state index contributed by atoms with van der Waals surface area (Å²) < 4.78 is 0. The van der Waals surface area contributed by atoms with Gasteiger partial charge in [-0.3, -0.25) is 9.89 Å². The lowest BCUT2D eigenvalue weighted by molar-refractivity contribution is -0.115. The molecule has 0 aliphatic carbocycles. The van der Waals surface area contributed by atoms with Crippen molar-refractivity contribution in [2.45, 2.75) is 24.3 Å². The lowest BCUT2D eigenvalue weighted by Gasteiger charge is -2.11. The largest absolute Gasteiger partial charge is 0.324 e. The molecule has 134 valence electrons. The molecule has 0 radical (unpaired) electrons. The van der Waals surface area contributed by atoms with Crippen LogP contribution in [-0.4, -0.2) is 26.3 Å². The number of benzene rings is 2. The van der Waals surface area contributed by atoms with E-state index in [4.69, 9.17) is 23.2 Å². The van der Waals surface area contributed by atoms with Crippen molar-refractivity contribution in [1.82, 2.24) is 15.2 Å². The van der Waals surface area contributed by atoms with Crippen LogP contribution in [0.2, 0.25) is 10.0 Å². The minimum absolute atomic E-state index is 0.208. The number of anilines is 1. The number of aromatic nitrogens is 3. The second-order valence-corrected chi connectivity index (χ2v) is 7.86. The summed E-state index contributed by atoms with van der Waals surface area (Å²) in [5.41, 5.74) is 2.59. The summed E-state index contributed by atoms with van der Waals surface area (Å²) in [7, 11) is 0. The van der Waals surface area contributed by atoms with Gasteiger partial charge in [0.05, 0.1) is 16.0 Å². The van der Waals surface area contributed by atoms with Crippen LogP contribution in [0.1, 0.15) is 12.5 Å². The monoisotopic (exact) mass is 406 g/mol. The molecule has 3 aromatic rings. The zero-order chi connectivity index (χ0) is 18.7. The molecule has 1 amide bonds. The van der Waals surface area contributed by atoms with E-state index in [1.54, 1.807) is 25.1 Å². The van der Waals surface area contributed by atoms with E-state index >= 15 is 0 Å². The molecule has 0 aliphatic heterocycles. The Balaban J connectivity index is 1.66. The third-order valence-electron chi connectivity index (χ3n) is 3.63. The summed E-state index contributed by atoms with van der Waals surface area (Å²) in [6.07, 6.45) is 0. The zero-order valence-corrected chi connectivity index (χ0v) is 16.4.